The average molecular weight is 331 g/mol. The van der Waals surface area contributed by atoms with Gasteiger partial charge in [0.25, 0.3) is 0 Å². The number of halogens is 1. The fraction of sp³-hybridized carbons (Fsp3) is 0.222. The average Bonchev–Trinajstić information content (AvgIpc) is 2.47. The molecule has 0 fully saturated rings. The molecule has 0 aliphatic carbocycles. The number of amidine groups is 2. The van der Waals surface area contributed by atoms with E-state index in [0.717, 1.165) is 24.0 Å². The van der Waals surface area contributed by atoms with Gasteiger partial charge in [-0.05, 0) is 35.1 Å². The highest BCUT2D eigenvalue weighted by atomic mass is 35.5. The summed E-state index contributed by atoms with van der Waals surface area (Å²) in [6.07, 6.45) is 2.98. The zero-order chi connectivity index (χ0) is 15.9. The van der Waals surface area contributed by atoms with Gasteiger partial charge in [-0.15, -0.1) is 12.4 Å². The van der Waals surface area contributed by atoms with E-state index in [1.54, 1.807) is 0 Å². The fourth-order valence-electron chi connectivity index (χ4n) is 2.38. The zero-order valence-electron chi connectivity index (χ0n) is 13.0. The normalized spacial score (nSPS) is 9.91. The molecule has 23 heavy (non-hydrogen) atoms. The lowest BCUT2D eigenvalue weighted by Crippen LogP contribution is -2.12. The van der Waals surface area contributed by atoms with Gasteiger partial charge in [0.2, 0.25) is 0 Å². The van der Waals surface area contributed by atoms with Crippen molar-refractivity contribution >= 4 is 24.1 Å². The van der Waals surface area contributed by atoms with Crippen molar-refractivity contribution in [3.63, 3.8) is 0 Å². The van der Waals surface area contributed by atoms with Crippen LogP contribution in [0.4, 0.5) is 0 Å². The minimum atomic E-state index is 0. The molecule has 122 valence electrons. The van der Waals surface area contributed by atoms with E-state index in [-0.39, 0.29) is 24.1 Å². The maximum atomic E-state index is 7.30. The summed E-state index contributed by atoms with van der Waals surface area (Å²) in [7, 11) is 0. The molecule has 0 heterocycles. The summed E-state index contributed by atoms with van der Waals surface area (Å²) in [6.45, 7) is 0. The molecule has 0 aliphatic rings. The molecule has 0 aromatic heterocycles. The highest BCUT2D eigenvalue weighted by Gasteiger charge is 2.00. The Labute approximate surface area is 143 Å². The number of hydrogen-bond acceptors (Lipinski definition) is 2. The Hall–Kier alpha value is -2.33. The van der Waals surface area contributed by atoms with E-state index in [4.69, 9.17) is 22.3 Å². The molecule has 2 aromatic carbocycles. The van der Waals surface area contributed by atoms with Crippen LogP contribution in [-0.2, 0) is 25.7 Å². The second-order valence-corrected chi connectivity index (χ2v) is 5.54. The molecule has 4 nitrogen and oxygen atoms in total. The topological polar surface area (TPSA) is 99.7 Å². The molecular formula is C18H23ClN4. The van der Waals surface area contributed by atoms with Gasteiger partial charge in [-0.3, -0.25) is 10.8 Å². The first-order valence-electron chi connectivity index (χ1n) is 7.34. The third kappa shape index (κ3) is 6.53. The number of benzene rings is 2. The number of aryl methyl sites for hydroxylation is 2. The summed E-state index contributed by atoms with van der Waals surface area (Å²) < 4.78 is 0. The lowest BCUT2D eigenvalue weighted by atomic mass is 10.0. The minimum Gasteiger partial charge on any atom is -0.387 e. The molecule has 2 aromatic rings. The van der Waals surface area contributed by atoms with Gasteiger partial charge in [0, 0.05) is 12.8 Å². The Balaban J connectivity index is 0.00000264. The molecular weight excluding hydrogens is 308 g/mol. The Morgan fingerprint density at radius 1 is 0.609 bits per heavy atom. The van der Waals surface area contributed by atoms with Gasteiger partial charge in [0.15, 0.2) is 0 Å². The molecule has 0 amide bonds. The van der Waals surface area contributed by atoms with Crippen molar-refractivity contribution in [3.05, 3.63) is 70.8 Å². The van der Waals surface area contributed by atoms with Crippen LogP contribution in [0.1, 0.15) is 22.3 Å². The van der Waals surface area contributed by atoms with E-state index in [0.29, 0.717) is 12.8 Å². The standard InChI is InChI=1S/C18H22N4.ClH/c19-17(20)11-15-7-3-13(4-8-15)1-2-14-5-9-16(10-6-14)12-18(21)22;/h3-10H,1-2,11-12H2,(H3,19,20)(H3,21,22);1H. The fourth-order valence-corrected chi connectivity index (χ4v) is 2.38. The third-order valence-corrected chi connectivity index (χ3v) is 3.54. The SMILES string of the molecule is Cl.N=C(N)Cc1ccc(CCc2ccc(CC(=N)N)cc2)cc1. The lowest BCUT2D eigenvalue weighted by Gasteiger charge is -2.06. The highest BCUT2D eigenvalue weighted by molar-refractivity contribution is 5.85. The molecule has 0 spiro atoms. The van der Waals surface area contributed by atoms with E-state index in [1.807, 2.05) is 24.3 Å². The van der Waals surface area contributed by atoms with E-state index < -0.39 is 0 Å². The predicted octanol–water partition coefficient (Wildman–Crippen LogP) is 2.85. The summed E-state index contributed by atoms with van der Waals surface area (Å²) in [5.41, 5.74) is 15.5. The van der Waals surface area contributed by atoms with Crippen molar-refractivity contribution in [1.29, 1.82) is 10.8 Å². The van der Waals surface area contributed by atoms with E-state index in [9.17, 15) is 0 Å². The summed E-state index contributed by atoms with van der Waals surface area (Å²) in [6, 6.07) is 16.5. The van der Waals surface area contributed by atoms with Crippen LogP contribution in [0.25, 0.3) is 0 Å². The second-order valence-electron chi connectivity index (χ2n) is 5.54. The van der Waals surface area contributed by atoms with Crippen LogP contribution in [0.2, 0.25) is 0 Å². The Morgan fingerprint density at radius 2 is 0.870 bits per heavy atom. The minimum absolute atomic E-state index is 0. The molecule has 2 rings (SSSR count). The van der Waals surface area contributed by atoms with Crippen LogP contribution in [0, 0.1) is 10.8 Å². The lowest BCUT2D eigenvalue weighted by molar-refractivity contribution is 0.957. The predicted molar refractivity (Wildman–Crippen MR) is 98.8 cm³/mol. The van der Waals surface area contributed by atoms with E-state index >= 15 is 0 Å². The molecule has 5 heteroatoms. The summed E-state index contributed by atoms with van der Waals surface area (Å²) in [4.78, 5) is 0. The van der Waals surface area contributed by atoms with Crippen LogP contribution in [0.5, 0.6) is 0 Å². The van der Waals surface area contributed by atoms with E-state index in [1.165, 1.54) is 11.1 Å². The highest BCUT2D eigenvalue weighted by Crippen LogP contribution is 2.11. The van der Waals surface area contributed by atoms with Crippen LogP contribution >= 0.6 is 12.4 Å². The molecule has 0 unspecified atom stereocenters. The van der Waals surface area contributed by atoms with Crippen molar-refractivity contribution in [2.45, 2.75) is 25.7 Å². The molecule has 0 atom stereocenters. The number of nitrogens with two attached hydrogens (primary N) is 2. The maximum Gasteiger partial charge on any atom is 0.0950 e. The molecule has 0 radical (unpaired) electrons. The first-order chi connectivity index (χ1) is 10.5. The Morgan fingerprint density at radius 3 is 1.13 bits per heavy atom. The van der Waals surface area contributed by atoms with Gasteiger partial charge in [-0.1, -0.05) is 48.5 Å². The van der Waals surface area contributed by atoms with Gasteiger partial charge in [-0.2, -0.15) is 0 Å². The second kappa shape index (κ2) is 8.96. The monoisotopic (exact) mass is 330 g/mol. The van der Waals surface area contributed by atoms with Crippen LogP contribution in [-0.4, -0.2) is 11.7 Å². The van der Waals surface area contributed by atoms with Gasteiger partial charge >= 0.3 is 0 Å². The number of rotatable bonds is 7. The first kappa shape index (κ1) is 18.7. The van der Waals surface area contributed by atoms with Crippen molar-refractivity contribution in [2.75, 3.05) is 0 Å². The van der Waals surface area contributed by atoms with E-state index in [2.05, 4.69) is 24.3 Å². The molecule has 0 bridgehead atoms. The van der Waals surface area contributed by atoms with Gasteiger partial charge in [-0.25, -0.2) is 0 Å². The largest absolute Gasteiger partial charge is 0.387 e. The quantitative estimate of drug-likeness (QED) is 0.463. The maximum absolute atomic E-state index is 7.30. The number of nitrogens with one attached hydrogen (secondary N) is 2. The number of hydrogen-bond donors (Lipinski definition) is 4. The molecule has 0 aliphatic heterocycles. The molecule has 6 N–H and O–H groups in total. The van der Waals surface area contributed by atoms with Crippen molar-refractivity contribution in [2.24, 2.45) is 11.5 Å². The van der Waals surface area contributed by atoms with Gasteiger partial charge in [0.1, 0.15) is 0 Å². The van der Waals surface area contributed by atoms with Crippen molar-refractivity contribution in [3.8, 4) is 0 Å². The first-order valence-corrected chi connectivity index (χ1v) is 7.34. The van der Waals surface area contributed by atoms with Crippen LogP contribution < -0.4 is 11.5 Å². The van der Waals surface area contributed by atoms with Gasteiger partial charge < -0.3 is 11.5 Å². The zero-order valence-corrected chi connectivity index (χ0v) is 13.8. The smallest absolute Gasteiger partial charge is 0.0950 e. The summed E-state index contributed by atoms with van der Waals surface area (Å²) >= 11 is 0. The third-order valence-electron chi connectivity index (χ3n) is 3.54. The molecule has 0 saturated heterocycles. The summed E-state index contributed by atoms with van der Waals surface area (Å²) in [5.74, 6) is 0.386. The van der Waals surface area contributed by atoms with Crippen molar-refractivity contribution in [1.82, 2.24) is 0 Å². The molecule has 0 saturated carbocycles. The Kier molecular flexibility index (Phi) is 7.29. The Bertz CT molecular complexity index is 588. The van der Waals surface area contributed by atoms with Gasteiger partial charge in [0.05, 0.1) is 11.7 Å². The van der Waals surface area contributed by atoms with Crippen LogP contribution in [0.15, 0.2) is 48.5 Å². The van der Waals surface area contributed by atoms with Crippen molar-refractivity contribution < 1.29 is 0 Å². The summed E-state index contributed by atoms with van der Waals surface area (Å²) in [5, 5.41) is 14.6. The van der Waals surface area contributed by atoms with Crippen LogP contribution in [0.3, 0.4) is 0 Å².